The maximum Gasteiger partial charge on any atom is 0.255 e. The lowest BCUT2D eigenvalue weighted by Gasteiger charge is -2.32. The second kappa shape index (κ2) is 7.60. The van der Waals surface area contributed by atoms with Crippen LogP contribution in [-0.4, -0.2) is 64.4 Å². The van der Waals surface area contributed by atoms with Gasteiger partial charge in [-0.2, -0.15) is 0 Å². The van der Waals surface area contributed by atoms with Crippen LogP contribution in [0.15, 0.2) is 24.5 Å². The molecular weight excluding hydrogens is 340 g/mol. The number of pyridine rings is 1. The van der Waals surface area contributed by atoms with E-state index in [1.165, 1.54) is 6.42 Å². The molecule has 1 fully saturated rings. The van der Waals surface area contributed by atoms with E-state index >= 15 is 0 Å². The zero-order chi connectivity index (χ0) is 18.8. The van der Waals surface area contributed by atoms with Gasteiger partial charge in [-0.05, 0) is 45.0 Å². The zero-order valence-electron chi connectivity index (χ0n) is 16.0. The third-order valence-corrected chi connectivity index (χ3v) is 5.50. The van der Waals surface area contributed by atoms with Gasteiger partial charge in [0.2, 0.25) is 0 Å². The van der Waals surface area contributed by atoms with E-state index in [9.17, 15) is 4.79 Å². The number of hydrogen-bond donors (Lipinski definition) is 1. The van der Waals surface area contributed by atoms with Gasteiger partial charge in [0.25, 0.3) is 5.91 Å². The number of anilines is 1. The van der Waals surface area contributed by atoms with Gasteiger partial charge in [-0.15, -0.1) is 0 Å². The Hall–Kier alpha value is -2.54. The van der Waals surface area contributed by atoms with Crippen LogP contribution in [0.3, 0.4) is 0 Å². The summed E-state index contributed by atoms with van der Waals surface area (Å²) in [6, 6.07) is 3.61. The average Bonchev–Trinajstić information content (AvgIpc) is 2.72. The molecular formula is C20H26N6O. The molecule has 1 N–H and O–H groups in total. The summed E-state index contributed by atoms with van der Waals surface area (Å²) in [6.07, 6.45) is 6.36. The van der Waals surface area contributed by atoms with E-state index in [0.717, 1.165) is 48.8 Å². The van der Waals surface area contributed by atoms with Crippen molar-refractivity contribution in [3.8, 4) is 0 Å². The van der Waals surface area contributed by atoms with Crippen LogP contribution in [0.25, 0.3) is 0 Å². The largest absolute Gasteiger partial charge is 0.373 e. The van der Waals surface area contributed by atoms with Crippen molar-refractivity contribution in [2.24, 2.45) is 0 Å². The molecule has 2 aromatic rings. The number of aromatic nitrogens is 3. The number of nitrogens with zero attached hydrogens (tertiary/aromatic N) is 5. The third kappa shape index (κ3) is 3.64. The Labute approximate surface area is 159 Å². The Morgan fingerprint density at radius 3 is 2.93 bits per heavy atom. The maximum atomic E-state index is 12.8. The second-order valence-corrected chi connectivity index (χ2v) is 7.43. The van der Waals surface area contributed by atoms with Crippen LogP contribution < -0.4 is 5.32 Å². The van der Waals surface area contributed by atoms with Gasteiger partial charge in [-0.25, -0.2) is 9.97 Å². The SMILES string of the molecule is CNc1nc([C@H]2CCCN(C)C2)nc2c1CCN(C(=O)c1cccnc1)C2. The van der Waals surface area contributed by atoms with Crippen LogP contribution >= 0.6 is 0 Å². The van der Waals surface area contributed by atoms with Crippen molar-refractivity contribution in [1.82, 2.24) is 24.8 Å². The van der Waals surface area contributed by atoms with Crippen molar-refractivity contribution < 1.29 is 4.79 Å². The monoisotopic (exact) mass is 366 g/mol. The van der Waals surface area contributed by atoms with E-state index in [2.05, 4.69) is 22.2 Å². The van der Waals surface area contributed by atoms with E-state index in [1.54, 1.807) is 18.5 Å². The number of fused-ring (bicyclic) bond motifs is 1. The van der Waals surface area contributed by atoms with Crippen LogP contribution in [-0.2, 0) is 13.0 Å². The first-order valence-corrected chi connectivity index (χ1v) is 9.61. The summed E-state index contributed by atoms with van der Waals surface area (Å²) in [6.45, 7) is 3.31. The van der Waals surface area contributed by atoms with E-state index < -0.39 is 0 Å². The minimum Gasteiger partial charge on any atom is -0.373 e. The van der Waals surface area contributed by atoms with E-state index in [4.69, 9.17) is 9.97 Å². The van der Waals surface area contributed by atoms with Gasteiger partial charge >= 0.3 is 0 Å². The second-order valence-electron chi connectivity index (χ2n) is 7.43. The summed E-state index contributed by atoms with van der Waals surface area (Å²) in [5, 5.41) is 3.24. The van der Waals surface area contributed by atoms with Crippen molar-refractivity contribution in [3.05, 3.63) is 47.2 Å². The number of piperidine rings is 1. The van der Waals surface area contributed by atoms with Crippen LogP contribution in [0, 0.1) is 0 Å². The van der Waals surface area contributed by atoms with E-state index in [-0.39, 0.29) is 5.91 Å². The zero-order valence-corrected chi connectivity index (χ0v) is 16.0. The van der Waals surface area contributed by atoms with E-state index in [1.807, 2.05) is 18.0 Å². The van der Waals surface area contributed by atoms with E-state index in [0.29, 0.717) is 24.6 Å². The Morgan fingerprint density at radius 2 is 2.19 bits per heavy atom. The Bertz CT molecular complexity index is 825. The van der Waals surface area contributed by atoms with Crippen LogP contribution in [0.1, 0.15) is 46.2 Å². The minimum absolute atomic E-state index is 0.0114. The lowest BCUT2D eigenvalue weighted by molar-refractivity contribution is 0.0731. The Morgan fingerprint density at radius 1 is 1.30 bits per heavy atom. The predicted molar refractivity (Wildman–Crippen MR) is 104 cm³/mol. The molecule has 0 bridgehead atoms. The fourth-order valence-corrected chi connectivity index (χ4v) is 4.06. The molecule has 1 saturated heterocycles. The summed E-state index contributed by atoms with van der Waals surface area (Å²) in [4.78, 5) is 30.8. The molecule has 1 atom stereocenters. The lowest BCUT2D eigenvalue weighted by Crippen LogP contribution is -2.38. The Kier molecular flexibility index (Phi) is 5.03. The first kappa shape index (κ1) is 17.9. The molecule has 0 aliphatic carbocycles. The summed E-state index contributed by atoms with van der Waals surface area (Å²) in [5.41, 5.74) is 2.74. The van der Waals surface area contributed by atoms with Crippen molar-refractivity contribution >= 4 is 11.7 Å². The van der Waals surface area contributed by atoms with Gasteiger partial charge < -0.3 is 15.1 Å². The highest BCUT2D eigenvalue weighted by atomic mass is 16.2. The molecule has 0 saturated carbocycles. The molecule has 2 aliphatic heterocycles. The van der Waals surface area contributed by atoms with Gasteiger partial charge in [0.05, 0.1) is 17.8 Å². The molecule has 7 heteroatoms. The molecule has 4 rings (SSSR count). The molecule has 7 nitrogen and oxygen atoms in total. The quantitative estimate of drug-likeness (QED) is 0.895. The summed E-state index contributed by atoms with van der Waals surface area (Å²) in [5.74, 6) is 2.18. The van der Waals surface area contributed by atoms with Gasteiger partial charge in [-0.1, -0.05) is 0 Å². The van der Waals surface area contributed by atoms with Gasteiger partial charge in [-0.3, -0.25) is 9.78 Å². The molecule has 0 aromatic carbocycles. The lowest BCUT2D eigenvalue weighted by atomic mass is 9.96. The fraction of sp³-hybridized carbons (Fsp3) is 0.500. The highest BCUT2D eigenvalue weighted by Crippen LogP contribution is 2.29. The average molecular weight is 366 g/mol. The highest BCUT2D eigenvalue weighted by Gasteiger charge is 2.28. The van der Waals surface area contributed by atoms with Crippen molar-refractivity contribution in [1.29, 1.82) is 0 Å². The molecule has 1 amide bonds. The van der Waals surface area contributed by atoms with Gasteiger partial charge in [0, 0.05) is 44.0 Å². The standard InChI is InChI=1S/C20H26N6O/c1-21-19-16-7-10-26(20(27)14-5-3-8-22-11-14)13-17(16)23-18(24-19)15-6-4-9-25(2)12-15/h3,5,8,11,15H,4,6-7,9-10,12-13H2,1-2H3,(H,21,23,24)/t15-/m0/s1. The highest BCUT2D eigenvalue weighted by molar-refractivity contribution is 5.94. The molecule has 0 radical (unpaired) electrons. The number of nitrogens with one attached hydrogen (secondary N) is 1. The minimum atomic E-state index is 0.0114. The third-order valence-electron chi connectivity index (χ3n) is 5.50. The number of hydrogen-bond acceptors (Lipinski definition) is 6. The number of carbonyl (C=O) groups is 1. The predicted octanol–water partition coefficient (Wildman–Crippen LogP) is 1.92. The molecule has 2 aliphatic rings. The van der Waals surface area contributed by atoms with Crippen molar-refractivity contribution in [2.45, 2.75) is 31.7 Å². The smallest absolute Gasteiger partial charge is 0.255 e. The number of rotatable bonds is 3. The molecule has 0 spiro atoms. The topological polar surface area (TPSA) is 74.2 Å². The van der Waals surface area contributed by atoms with Gasteiger partial charge in [0.1, 0.15) is 11.6 Å². The summed E-state index contributed by atoms with van der Waals surface area (Å²) < 4.78 is 0. The number of carbonyl (C=O) groups excluding carboxylic acids is 1. The van der Waals surface area contributed by atoms with Crippen LogP contribution in [0.5, 0.6) is 0 Å². The number of likely N-dealkylation sites (N-methyl/N-ethyl adjacent to an activating group) is 1. The maximum absolute atomic E-state index is 12.8. The van der Waals surface area contributed by atoms with Crippen molar-refractivity contribution in [2.75, 3.05) is 39.0 Å². The normalized spacial score (nSPS) is 20.2. The number of amides is 1. The molecule has 4 heterocycles. The van der Waals surface area contributed by atoms with Gasteiger partial charge in [0.15, 0.2) is 0 Å². The fourth-order valence-electron chi connectivity index (χ4n) is 4.06. The summed E-state index contributed by atoms with van der Waals surface area (Å²) >= 11 is 0. The van der Waals surface area contributed by atoms with Crippen LogP contribution in [0.2, 0.25) is 0 Å². The molecule has 0 unspecified atom stereocenters. The molecule has 2 aromatic heterocycles. The van der Waals surface area contributed by atoms with Crippen LogP contribution in [0.4, 0.5) is 5.82 Å². The molecule has 27 heavy (non-hydrogen) atoms. The summed E-state index contributed by atoms with van der Waals surface area (Å²) in [7, 11) is 4.06. The first-order chi connectivity index (χ1) is 13.2. The Balaban J connectivity index is 1.61. The number of likely N-dealkylation sites (tertiary alicyclic amines) is 1. The first-order valence-electron chi connectivity index (χ1n) is 9.61. The van der Waals surface area contributed by atoms with Crippen molar-refractivity contribution in [3.63, 3.8) is 0 Å². The molecule has 142 valence electrons.